The van der Waals surface area contributed by atoms with Crippen molar-refractivity contribution >= 4 is 23.2 Å². The molecule has 0 saturated heterocycles. The Morgan fingerprint density at radius 1 is 0.964 bits per heavy atom. The van der Waals surface area contributed by atoms with Gasteiger partial charge < -0.3 is 14.2 Å². The Hall–Kier alpha value is -3.21. The van der Waals surface area contributed by atoms with E-state index in [9.17, 15) is 4.79 Å². The number of hydrogen-bond donors (Lipinski definition) is 1. The van der Waals surface area contributed by atoms with Crippen LogP contribution in [-0.4, -0.2) is 23.8 Å². The molecule has 1 amide bonds. The van der Waals surface area contributed by atoms with Gasteiger partial charge in [0.1, 0.15) is 0 Å². The van der Waals surface area contributed by atoms with E-state index in [-0.39, 0.29) is 0 Å². The van der Waals surface area contributed by atoms with Crippen molar-refractivity contribution in [2.24, 2.45) is 0 Å². The number of anilines is 3. The van der Waals surface area contributed by atoms with E-state index in [4.69, 9.17) is 4.74 Å². The lowest BCUT2D eigenvalue weighted by atomic mass is 10.0. The summed E-state index contributed by atoms with van der Waals surface area (Å²) in [6.45, 7) is 3.89. The zero-order valence-corrected chi connectivity index (χ0v) is 16.1. The van der Waals surface area contributed by atoms with Gasteiger partial charge in [0.25, 0.3) is 0 Å². The number of nitrogens with zero attached hydrogens (tertiary/aromatic N) is 2. The van der Waals surface area contributed by atoms with Gasteiger partial charge in [-0.1, -0.05) is 24.3 Å². The Morgan fingerprint density at radius 3 is 2.50 bits per heavy atom. The van der Waals surface area contributed by atoms with Crippen molar-refractivity contribution in [3.05, 3.63) is 78.1 Å². The van der Waals surface area contributed by atoms with E-state index >= 15 is 0 Å². The molecular formula is C23H25N3O2. The molecule has 0 atom stereocenters. The second kappa shape index (κ2) is 8.21. The molecule has 3 aromatic rings. The average Bonchev–Trinajstić information content (AvgIpc) is 3.17. The number of ether oxygens (including phenoxy) is 1. The molecule has 1 aliphatic rings. The molecule has 2 heterocycles. The normalized spacial score (nSPS) is 12.7. The van der Waals surface area contributed by atoms with Gasteiger partial charge in [-0.3, -0.25) is 5.32 Å². The summed E-state index contributed by atoms with van der Waals surface area (Å²) in [5.41, 5.74) is 5.78. The van der Waals surface area contributed by atoms with Crippen molar-refractivity contribution in [2.75, 3.05) is 23.4 Å². The molecule has 0 fully saturated rings. The second-order valence-corrected chi connectivity index (χ2v) is 6.89. The molecule has 5 heteroatoms. The van der Waals surface area contributed by atoms with Crippen molar-refractivity contribution in [2.45, 2.75) is 26.3 Å². The molecule has 5 nitrogen and oxygen atoms in total. The number of fused-ring (bicyclic) bond motifs is 2. The van der Waals surface area contributed by atoms with Crippen LogP contribution >= 0.6 is 0 Å². The standard InChI is InChI=1S/C23H25N3O2/c1-2-28-23(27)24-20-12-11-19-10-9-18-7-3-4-8-21(18)26(22(19)17-20)16-15-25-13-5-6-14-25/h3-8,11-14,17H,2,9-10,15-16H2,1H3,(H,24,27). The van der Waals surface area contributed by atoms with E-state index in [0.29, 0.717) is 6.61 Å². The lowest BCUT2D eigenvalue weighted by molar-refractivity contribution is 0.168. The smallest absolute Gasteiger partial charge is 0.411 e. The third-order valence-electron chi connectivity index (χ3n) is 5.09. The highest BCUT2D eigenvalue weighted by atomic mass is 16.5. The van der Waals surface area contributed by atoms with E-state index in [0.717, 1.165) is 37.3 Å². The predicted octanol–water partition coefficient (Wildman–Crippen LogP) is 4.99. The highest BCUT2D eigenvalue weighted by molar-refractivity contribution is 5.86. The Kier molecular flexibility index (Phi) is 5.33. The number of benzene rings is 2. The van der Waals surface area contributed by atoms with Crippen LogP contribution in [0.4, 0.5) is 21.9 Å². The average molecular weight is 375 g/mol. The molecule has 0 aliphatic carbocycles. The van der Waals surface area contributed by atoms with Crippen molar-refractivity contribution in [1.29, 1.82) is 0 Å². The van der Waals surface area contributed by atoms with Crippen molar-refractivity contribution < 1.29 is 9.53 Å². The van der Waals surface area contributed by atoms with Gasteiger partial charge in [-0.25, -0.2) is 4.79 Å². The quantitative estimate of drug-likeness (QED) is 0.683. The molecule has 1 N–H and O–H groups in total. The van der Waals surface area contributed by atoms with E-state index in [1.807, 2.05) is 18.2 Å². The second-order valence-electron chi connectivity index (χ2n) is 6.89. The van der Waals surface area contributed by atoms with Crippen LogP contribution in [0.2, 0.25) is 0 Å². The fraction of sp³-hybridized carbons (Fsp3) is 0.261. The van der Waals surface area contributed by atoms with Gasteiger partial charge in [0.15, 0.2) is 0 Å². The van der Waals surface area contributed by atoms with E-state index in [2.05, 4.69) is 63.6 Å². The number of hydrogen-bond acceptors (Lipinski definition) is 3. The number of para-hydroxylation sites is 1. The molecule has 0 radical (unpaired) electrons. The summed E-state index contributed by atoms with van der Waals surface area (Å²) in [5.74, 6) is 0. The summed E-state index contributed by atoms with van der Waals surface area (Å²) in [4.78, 5) is 14.2. The Balaban J connectivity index is 1.69. The number of amides is 1. The Labute approximate surface area is 165 Å². The first-order chi connectivity index (χ1) is 13.7. The third-order valence-corrected chi connectivity index (χ3v) is 5.09. The largest absolute Gasteiger partial charge is 0.450 e. The zero-order chi connectivity index (χ0) is 19.3. The minimum Gasteiger partial charge on any atom is -0.450 e. The number of aromatic nitrogens is 1. The lowest BCUT2D eigenvalue weighted by Gasteiger charge is -2.27. The molecule has 144 valence electrons. The summed E-state index contributed by atoms with van der Waals surface area (Å²) in [6, 6.07) is 18.8. The van der Waals surface area contributed by atoms with Crippen molar-refractivity contribution in [3.63, 3.8) is 0 Å². The topological polar surface area (TPSA) is 46.5 Å². The minimum atomic E-state index is -0.421. The molecule has 0 unspecified atom stereocenters. The Bertz CT molecular complexity index is 950. The van der Waals surface area contributed by atoms with Crippen LogP contribution < -0.4 is 10.2 Å². The van der Waals surface area contributed by atoms with Crippen LogP contribution in [0.25, 0.3) is 0 Å². The fourth-order valence-electron chi connectivity index (χ4n) is 3.75. The van der Waals surface area contributed by atoms with Crippen LogP contribution in [0.5, 0.6) is 0 Å². The van der Waals surface area contributed by atoms with Gasteiger partial charge in [0.2, 0.25) is 0 Å². The van der Waals surface area contributed by atoms with Crippen molar-refractivity contribution in [3.8, 4) is 0 Å². The molecule has 0 saturated carbocycles. The first kappa shape index (κ1) is 18.2. The molecule has 4 rings (SSSR count). The predicted molar refractivity (Wildman–Crippen MR) is 112 cm³/mol. The highest BCUT2D eigenvalue weighted by Crippen LogP contribution is 2.37. The number of aryl methyl sites for hydroxylation is 2. The highest BCUT2D eigenvalue weighted by Gasteiger charge is 2.21. The maximum Gasteiger partial charge on any atom is 0.411 e. The molecule has 28 heavy (non-hydrogen) atoms. The van der Waals surface area contributed by atoms with Gasteiger partial charge in [-0.15, -0.1) is 0 Å². The number of carbonyl (C=O) groups excluding carboxylic acids is 1. The minimum absolute atomic E-state index is 0.354. The van der Waals surface area contributed by atoms with Gasteiger partial charge in [-0.05, 0) is 61.2 Å². The van der Waals surface area contributed by atoms with Crippen LogP contribution in [0.1, 0.15) is 18.1 Å². The maximum absolute atomic E-state index is 11.9. The zero-order valence-electron chi connectivity index (χ0n) is 16.1. The number of rotatable bonds is 5. The first-order valence-corrected chi connectivity index (χ1v) is 9.77. The summed E-state index contributed by atoms with van der Waals surface area (Å²) in [7, 11) is 0. The molecule has 1 aliphatic heterocycles. The van der Waals surface area contributed by atoms with E-state index in [1.54, 1.807) is 6.92 Å². The Morgan fingerprint density at radius 2 is 1.71 bits per heavy atom. The molecule has 2 aromatic carbocycles. The van der Waals surface area contributed by atoms with Crippen LogP contribution in [0.3, 0.4) is 0 Å². The lowest BCUT2D eigenvalue weighted by Crippen LogP contribution is -2.23. The van der Waals surface area contributed by atoms with Gasteiger partial charge in [-0.2, -0.15) is 0 Å². The fourth-order valence-corrected chi connectivity index (χ4v) is 3.75. The van der Waals surface area contributed by atoms with Crippen LogP contribution in [0.15, 0.2) is 67.0 Å². The molecule has 0 bridgehead atoms. The summed E-state index contributed by atoms with van der Waals surface area (Å²) < 4.78 is 7.22. The monoisotopic (exact) mass is 375 g/mol. The van der Waals surface area contributed by atoms with Crippen LogP contribution in [0, 0.1) is 0 Å². The maximum atomic E-state index is 11.9. The molecule has 1 aromatic heterocycles. The van der Waals surface area contributed by atoms with Gasteiger partial charge in [0.05, 0.1) is 6.61 Å². The summed E-state index contributed by atoms with van der Waals surface area (Å²) >= 11 is 0. The van der Waals surface area contributed by atoms with Gasteiger partial charge >= 0.3 is 6.09 Å². The summed E-state index contributed by atoms with van der Waals surface area (Å²) in [5, 5.41) is 2.83. The molecule has 0 spiro atoms. The number of carbonyl (C=O) groups is 1. The SMILES string of the molecule is CCOC(=O)Nc1ccc2c(c1)N(CCn1cccc1)c1ccccc1CC2. The van der Waals surface area contributed by atoms with Crippen molar-refractivity contribution in [1.82, 2.24) is 4.57 Å². The number of nitrogens with one attached hydrogen (secondary N) is 1. The van der Waals surface area contributed by atoms with E-state index < -0.39 is 6.09 Å². The third kappa shape index (κ3) is 3.88. The van der Waals surface area contributed by atoms with Gasteiger partial charge in [0, 0.05) is 42.5 Å². The van der Waals surface area contributed by atoms with E-state index in [1.165, 1.54) is 16.8 Å². The molecular weight excluding hydrogens is 350 g/mol. The first-order valence-electron chi connectivity index (χ1n) is 9.77. The summed E-state index contributed by atoms with van der Waals surface area (Å²) in [6.07, 6.45) is 5.74. The van der Waals surface area contributed by atoms with Crippen LogP contribution in [-0.2, 0) is 24.1 Å².